The van der Waals surface area contributed by atoms with Gasteiger partial charge in [0.15, 0.2) is 0 Å². The van der Waals surface area contributed by atoms with Crippen LogP contribution in [0.1, 0.15) is 25.3 Å². The van der Waals surface area contributed by atoms with Crippen LogP contribution < -0.4 is 4.74 Å². The molecule has 0 aliphatic carbocycles. The lowest BCUT2D eigenvalue weighted by Gasteiger charge is -2.09. The SMILES string of the molecule is Cc1ccccc1OCCCC(C)O. The van der Waals surface area contributed by atoms with E-state index in [2.05, 4.69) is 0 Å². The summed E-state index contributed by atoms with van der Waals surface area (Å²) >= 11 is 0. The maximum absolute atomic E-state index is 9.05. The van der Waals surface area contributed by atoms with Crippen LogP contribution in [0.3, 0.4) is 0 Å². The van der Waals surface area contributed by atoms with E-state index in [1.807, 2.05) is 31.2 Å². The van der Waals surface area contributed by atoms with Gasteiger partial charge in [-0.15, -0.1) is 0 Å². The summed E-state index contributed by atoms with van der Waals surface area (Å²) in [6.07, 6.45) is 1.47. The minimum atomic E-state index is -0.226. The van der Waals surface area contributed by atoms with Crippen LogP contribution in [0.25, 0.3) is 0 Å². The van der Waals surface area contributed by atoms with Crippen LogP contribution in [0.2, 0.25) is 0 Å². The van der Waals surface area contributed by atoms with Gasteiger partial charge in [0.25, 0.3) is 0 Å². The van der Waals surface area contributed by atoms with Crippen LogP contribution in [0.15, 0.2) is 24.3 Å². The van der Waals surface area contributed by atoms with E-state index < -0.39 is 0 Å². The van der Waals surface area contributed by atoms with E-state index in [1.54, 1.807) is 6.92 Å². The lowest BCUT2D eigenvalue weighted by Crippen LogP contribution is -2.04. The fourth-order valence-electron chi connectivity index (χ4n) is 1.28. The van der Waals surface area contributed by atoms with Gasteiger partial charge in [-0.25, -0.2) is 0 Å². The van der Waals surface area contributed by atoms with Gasteiger partial charge in [-0.05, 0) is 38.3 Å². The Balaban J connectivity index is 2.28. The maximum atomic E-state index is 9.05. The van der Waals surface area contributed by atoms with Crippen LogP contribution in [0, 0.1) is 6.92 Å². The molecule has 0 spiro atoms. The quantitative estimate of drug-likeness (QED) is 0.730. The number of hydrogen-bond acceptors (Lipinski definition) is 2. The largest absolute Gasteiger partial charge is 0.493 e. The molecule has 1 aromatic rings. The molecule has 0 fully saturated rings. The number of ether oxygens (including phenoxy) is 1. The predicted molar refractivity (Wildman–Crippen MR) is 57.6 cm³/mol. The van der Waals surface area contributed by atoms with Crippen molar-refractivity contribution >= 4 is 0 Å². The lowest BCUT2D eigenvalue weighted by molar-refractivity contribution is 0.170. The van der Waals surface area contributed by atoms with Gasteiger partial charge in [-0.2, -0.15) is 0 Å². The van der Waals surface area contributed by atoms with E-state index in [-0.39, 0.29) is 6.10 Å². The van der Waals surface area contributed by atoms with Gasteiger partial charge in [0, 0.05) is 0 Å². The molecular weight excluding hydrogens is 176 g/mol. The molecule has 1 unspecified atom stereocenters. The Kier molecular flexibility index (Phi) is 4.47. The average Bonchev–Trinajstić information content (AvgIpc) is 2.15. The van der Waals surface area contributed by atoms with Crippen molar-refractivity contribution in [2.24, 2.45) is 0 Å². The summed E-state index contributed by atoms with van der Waals surface area (Å²) in [6.45, 7) is 4.51. The van der Waals surface area contributed by atoms with E-state index in [0.29, 0.717) is 6.61 Å². The van der Waals surface area contributed by atoms with E-state index >= 15 is 0 Å². The van der Waals surface area contributed by atoms with E-state index in [0.717, 1.165) is 24.2 Å². The Morgan fingerprint density at radius 2 is 2.07 bits per heavy atom. The second-order valence-corrected chi connectivity index (χ2v) is 3.61. The van der Waals surface area contributed by atoms with E-state index in [4.69, 9.17) is 9.84 Å². The molecule has 14 heavy (non-hydrogen) atoms. The maximum Gasteiger partial charge on any atom is 0.122 e. The summed E-state index contributed by atoms with van der Waals surface area (Å²) in [5.41, 5.74) is 1.16. The molecule has 0 heterocycles. The second kappa shape index (κ2) is 5.66. The molecule has 0 radical (unpaired) electrons. The predicted octanol–water partition coefficient (Wildman–Crippen LogP) is 2.53. The summed E-state index contributed by atoms with van der Waals surface area (Å²) in [5, 5.41) is 9.05. The van der Waals surface area contributed by atoms with Crippen molar-refractivity contribution in [2.75, 3.05) is 6.61 Å². The van der Waals surface area contributed by atoms with Crippen molar-refractivity contribution in [3.05, 3.63) is 29.8 Å². The van der Waals surface area contributed by atoms with Gasteiger partial charge in [0.2, 0.25) is 0 Å². The fourth-order valence-corrected chi connectivity index (χ4v) is 1.28. The minimum Gasteiger partial charge on any atom is -0.493 e. The summed E-state index contributed by atoms with van der Waals surface area (Å²) in [4.78, 5) is 0. The molecule has 0 aromatic heterocycles. The van der Waals surface area contributed by atoms with Crippen LogP contribution in [0.4, 0.5) is 0 Å². The van der Waals surface area contributed by atoms with Gasteiger partial charge in [0.05, 0.1) is 12.7 Å². The van der Waals surface area contributed by atoms with E-state index in [1.165, 1.54) is 0 Å². The first-order chi connectivity index (χ1) is 6.70. The van der Waals surface area contributed by atoms with Crippen LogP contribution >= 0.6 is 0 Å². The van der Waals surface area contributed by atoms with Crippen molar-refractivity contribution in [3.8, 4) is 5.75 Å². The zero-order valence-corrected chi connectivity index (χ0v) is 8.86. The van der Waals surface area contributed by atoms with Crippen molar-refractivity contribution < 1.29 is 9.84 Å². The minimum absolute atomic E-state index is 0.226. The Morgan fingerprint density at radius 3 is 2.71 bits per heavy atom. The lowest BCUT2D eigenvalue weighted by atomic mass is 10.2. The third-order valence-corrected chi connectivity index (χ3v) is 2.12. The van der Waals surface area contributed by atoms with Crippen molar-refractivity contribution in [1.82, 2.24) is 0 Å². The van der Waals surface area contributed by atoms with Crippen molar-refractivity contribution in [2.45, 2.75) is 32.8 Å². The summed E-state index contributed by atoms with van der Waals surface area (Å²) in [7, 11) is 0. The highest BCUT2D eigenvalue weighted by atomic mass is 16.5. The fraction of sp³-hybridized carbons (Fsp3) is 0.500. The summed E-state index contributed by atoms with van der Waals surface area (Å²) < 4.78 is 5.58. The molecule has 0 bridgehead atoms. The number of aliphatic hydroxyl groups is 1. The van der Waals surface area contributed by atoms with Gasteiger partial charge >= 0.3 is 0 Å². The topological polar surface area (TPSA) is 29.5 Å². The molecule has 0 saturated heterocycles. The first-order valence-electron chi connectivity index (χ1n) is 5.06. The number of hydrogen-bond donors (Lipinski definition) is 1. The summed E-state index contributed by atoms with van der Waals surface area (Å²) in [6, 6.07) is 7.97. The number of aryl methyl sites for hydroxylation is 1. The zero-order chi connectivity index (χ0) is 10.4. The third kappa shape index (κ3) is 3.79. The smallest absolute Gasteiger partial charge is 0.122 e. The first-order valence-corrected chi connectivity index (χ1v) is 5.06. The van der Waals surface area contributed by atoms with Crippen LogP contribution in [-0.2, 0) is 0 Å². The first kappa shape index (κ1) is 11.1. The molecule has 2 heteroatoms. The Labute approximate surface area is 85.5 Å². The molecule has 1 rings (SSSR count). The van der Waals surface area contributed by atoms with Gasteiger partial charge in [0.1, 0.15) is 5.75 Å². The number of aliphatic hydroxyl groups excluding tert-OH is 1. The van der Waals surface area contributed by atoms with Crippen LogP contribution in [0.5, 0.6) is 5.75 Å². The Bertz CT molecular complexity index is 269. The molecule has 0 aliphatic heterocycles. The Hall–Kier alpha value is -1.02. The monoisotopic (exact) mass is 194 g/mol. The zero-order valence-electron chi connectivity index (χ0n) is 8.86. The van der Waals surface area contributed by atoms with Crippen molar-refractivity contribution in [3.63, 3.8) is 0 Å². The van der Waals surface area contributed by atoms with Crippen LogP contribution in [-0.4, -0.2) is 17.8 Å². The number of benzene rings is 1. The normalized spacial score (nSPS) is 12.5. The molecule has 78 valence electrons. The second-order valence-electron chi connectivity index (χ2n) is 3.61. The van der Waals surface area contributed by atoms with E-state index in [9.17, 15) is 0 Å². The van der Waals surface area contributed by atoms with Gasteiger partial charge in [-0.1, -0.05) is 18.2 Å². The van der Waals surface area contributed by atoms with Gasteiger partial charge in [-0.3, -0.25) is 0 Å². The molecule has 0 aliphatic rings. The standard InChI is InChI=1S/C12H18O2/c1-10-6-3-4-8-12(10)14-9-5-7-11(2)13/h3-4,6,8,11,13H,5,7,9H2,1-2H3. The third-order valence-electron chi connectivity index (χ3n) is 2.12. The van der Waals surface area contributed by atoms with Gasteiger partial charge < -0.3 is 9.84 Å². The molecule has 0 amide bonds. The molecule has 2 nitrogen and oxygen atoms in total. The Morgan fingerprint density at radius 1 is 1.36 bits per heavy atom. The highest BCUT2D eigenvalue weighted by Crippen LogP contribution is 2.16. The summed E-state index contributed by atoms with van der Waals surface area (Å²) in [5.74, 6) is 0.943. The molecule has 1 atom stereocenters. The molecule has 1 N–H and O–H groups in total. The number of rotatable bonds is 5. The highest BCUT2D eigenvalue weighted by Gasteiger charge is 1.98. The van der Waals surface area contributed by atoms with Crippen molar-refractivity contribution in [1.29, 1.82) is 0 Å². The highest BCUT2D eigenvalue weighted by molar-refractivity contribution is 5.31. The molecule has 0 saturated carbocycles. The average molecular weight is 194 g/mol. The molecular formula is C12H18O2. The number of para-hydroxylation sites is 1. The molecule has 1 aromatic carbocycles.